The number of aliphatic carboxylic acids is 1. The Morgan fingerprint density at radius 1 is 1.50 bits per heavy atom. The second-order valence-corrected chi connectivity index (χ2v) is 5.18. The van der Waals surface area contributed by atoms with Gasteiger partial charge in [-0.25, -0.2) is 4.98 Å². The van der Waals surface area contributed by atoms with E-state index < -0.39 is 17.4 Å². The van der Waals surface area contributed by atoms with Gasteiger partial charge >= 0.3 is 11.9 Å². The Kier molecular flexibility index (Phi) is 5.24. The molecule has 0 aliphatic carbocycles. The average molecular weight is 283 g/mol. The van der Waals surface area contributed by atoms with Gasteiger partial charge in [0.25, 0.3) is 0 Å². The molecule has 0 bridgehead atoms. The zero-order valence-electron chi connectivity index (χ0n) is 12.3. The lowest BCUT2D eigenvalue weighted by atomic mass is 9.77. The van der Waals surface area contributed by atoms with E-state index in [9.17, 15) is 14.7 Å². The Hall–Kier alpha value is -1.92. The zero-order valence-corrected chi connectivity index (χ0v) is 12.3. The van der Waals surface area contributed by atoms with Crippen LogP contribution in [0.1, 0.15) is 33.0 Å². The van der Waals surface area contributed by atoms with Crippen LogP contribution in [0.5, 0.6) is 0 Å². The number of carbonyl (C=O) groups is 2. The highest BCUT2D eigenvalue weighted by molar-refractivity contribution is 5.99. The van der Waals surface area contributed by atoms with Crippen LogP contribution >= 0.6 is 0 Å². The normalized spacial score (nSPS) is 14.1. The molecule has 0 saturated carbocycles. The van der Waals surface area contributed by atoms with Crippen LogP contribution < -0.4 is 0 Å². The van der Waals surface area contributed by atoms with Gasteiger partial charge in [-0.2, -0.15) is 5.10 Å². The van der Waals surface area contributed by atoms with Crippen LogP contribution in [-0.2, 0) is 27.8 Å². The maximum absolute atomic E-state index is 12.2. The van der Waals surface area contributed by atoms with Gasteiger partial charge in [0.15, 0.2) is 5.41 Å². The number of aromatic nitrogens is 3. The molecule has 0 radical (unpaired) electrons. The lowest BCUT2D eigenvalue weighted by Gasteiger charge is -2.28. The number of ether oxygens (including phenoxy) is 1. The summed E-state index contributed by atoms with van der Waals surface area (Å²) in [7, 11) is 1.66. The Morgan fingerprint density at radius 3 is 2.55 bits per heavy atom. The predicted molar refractivity (Wildman–Crippen MR) is 70.9 cm³/mol. The number of nitrogens with zero attached hydrogens (tertiary/aromatic N) is 3. The average Bonchev–Trinajstić information content (AvgIpc) is 2.73. The second-order valence-electron chi connectivity index (χ2n) is 5.18. The van der Waals surface area contributed by atoms with E-state index in [0.717, 1.165) is 0 Å². The Morgan fingerprint density at radius 2 is 2.15 bits per heavy atom. The van der Waals surface area contributed by atoms with Crippen LogP contribution in [0.25, 0.3) is 0 Å². The first-order chi connectivity index (χ1) is 9.33. The predicted octanol–water partition coefficient (Wildman–Crippen LogP) is 1.04. The smallest absolute Gasteiger partial charge is 0.323 e. The van der Waals surface area contributed by atoms with Crippen LogP contribution in [0.15, 0.2) is 6.33 Å². The molecular weight excluding hydrogens is 262 g/mol. The summed E-state index contributed by atoms with van der Waals surface area (Å²) in [5.41, 5.74) is -1.62. The van der Waals surface area contributed by atoms with E-state index in [1.165, 1.54) is 11.0 Å². The van der Waals surface area contributed by atoms with Gasteiger partial charge in [-0.3, -0.25) is 14.3 Å². The number of esters is 1. The van der Waals surface area contributed by atoms with Gasteiger partial charge in [0.2, 0.25) is 0 Å². The summed E-state index contributed by atoms with van der Waals surface area (Å²) in [6.45, 7) is 5.54. The van der Waals surface area contributed by atoms with E-state index in [0.29, 0.717) is 5.82 Å². The summed E-state index contributed by atoms with van der Waals surface area (Å²) in [5.74, 6) is -1.43. The fraction of sp³-hybridized carbons (Fsp3) is 0.692. The molecule has 0 spiro atoms. The molecule has 1 aromatic heterocycles. The number of rotatable bonds is 7. The molecule has 1 heterocycles. The van der Waals surface area contributed by atoms with Gasteiger partial charge in [0.05, 0.1) is 6.61 Å². The van der Waals surface area contributed by atoms with Crippen molar-refractivity contribution in [2.45, 2.75) is 33.6 Å². The van der Waals surface area contributed by atoms with Crippen molar-refractivity contribution in [2.75, 3.05) is 6.61 Å². The lowest BCUT2D eigenvalue weighted by Crippen LogP contribution is -2.44. The molecule has 0 aliphatic heterocycles. The molecule has 0 saturated heterocycles. The molecule has 1 unspecified atom stereocenters. The topological polar surface area (TPSA) is 94.3 Å². The quantitative estimate of drug-likeness (QED) is 0.593. The summed E-state index contributed by atoms with van der Waals surface area (Å²) in [5, 5.41) is 13.5. The first-order valence-corrected chi connectivity index (χ1v) is 6.57. The number of hydrogen-bond acceptors (Lipinski definition) is 5. The van der Waals surface area contributed by atoms with Gasteiger partial charge in [-0.1, -0.05) is 13.8 Å². The van der Waals surface area contributed by atoms with Crippen molar-refractivity contribution in [2.24, 2.45) is 18.4 Å². The molecule has 112 valence electrons. The van der Waals surface area contributed by atoms with Gasteiger partial charge in [-0.15, -0.1) is 0 Å². The van der Waals surface area contributed by atoms with E-state index >= 15 is 0 Å². The Labute approximate surface area is 118 Å². The number of hydrogen-bond donors (Lipinski definition) is 1. The minimum atomic E-state index is -1.62. The van der Waals surface area contributed by atoms with Crippen molar-refractivity contribution >= 4 is 11.9 Å². The molecule has 7 heteroatoms. The third-order valence-electron chi connectivity index (χ3n) is 3.10. The van der Waals surface area contributed by atoms with Gasteiger partial charge in [-0.05, 0) is 19.3 Å². The third kappa shape index (κ3) is 3.34. The summed E-state index contributed by atoms with van der Waals surface area (Å²) in [6.07, 6.45) is 1.49. The van der Waals surface area contributed by atoms with E-state index in [1.807, 2.05) is 13.8 Å². The molecule has 0 fully saturated rings. The van der Waals surface area contributed by atoms with Gasteiger partial charge in [0, 0.05) is 13.5 Å². The molecule has 0 aromatic carbocycles. The van der Waals surface area contributed by atoms with Crippen LogP contribution in [0.4, 0.5) is 0 Å². The van der Waals surface area contributed by atoms with Crippen LogP contribution in [0.2, 0.25) is 0 Å². The van der Waals surface area contributed by atoms with Gasteiger partial charge in [0.1, 0.15) is 12.2 Å². The van der Waals surface area contributed by atoms with E-state index in [-0.39, 0.29) is 25.4 Å². The second kappa shape index (κ2) is 6.49. The maximum Gasteiger partial charge on any atom is 0.323 e. The fourth-order valence-electron chi connectivity index (χ4n) is 2.19. The molecule has 20 heavy (non-hydrogen) atoms. The Bertz CT molecular complexity index is 484. The molecule has 0 aliphatic rings. The maximum atomic E-state index is 12.2. The summed E-state index contributed by atoms with van der Waals surface area (Å²) >= 11 is 0. The minimum Gasteiger partial charge on any atom is -0.480 e. The first-order valence-electron chi connectivity index (χ1n) is 6.57. The monoisotopic (exact) mass is 283 g/mol. The molecule has 1 rings (SSSR count). The van der Waals surface area contributed by atoms with E-state index in [2.05, 4.69) is 10.1 Å². The summed E-state index contributed by atoms with van der Waals surface area (Å²) in [6, 6.07) is 0. The molecular formula is C13H21N3O4. The highest BCUT2D eigenvalue weighted by Crippen LogP contribution is 2.32. The van der Waals surface area contributed by atoms with Crippen molar-refractivity contribution in [3.05, 3.63) is 12.2 Å². The number of carbonyl (C=O) groups excluding carboxylic acids is 1. The van der Waals surface area contributed by atoms with Crippen LogP contribution in [-0.4, -0.2) is 38.4 Å². The number of carboxylic acid groups (broad SMARTS) is 1. The zero-order chi connectivity index (χ0) is 15.3. The first kappa shape index (κ1) is 16.1. The molecule has 0 amide bonds. The van der Waals surface area contributed by atoms with Crippen LogP contribution in [0, 0.1) is 11.3 Å². The lowest BCUT2D eigenvalue weighted by molar-refractivity contribution is -0.170. The third-order valence-corrected chi connectivity index (χ3v) is 3.10. The molecule has 1 aromatic rings. The molecule has 7 nitrogen and oxygen atoms in total. The van der Waals surface area contributed by atoms with Crippen molar-refractivity contribution in [1.29, 1.82) is 0 Å². The SMILES string of the molecule is CCOC(=O)C(Cc1ncnn1C)(CC(C)C)C(=O)O. The minimum absolute atomic E-state index is 0.0312. The van der Waals surface area contributed by atoms with Crippen molar-refractivity contribution in [3.8, 4) is 0 Å². The van der Waals surface area contributed by atoms with Crippen molar-refractivity contribution < 1.29 is 19.4 Å². The van der Waals surface area contributed by atoms with Crippen molar-refractivity contribution in [1.82, 2.24) is 14.8 Å². The van der Waals surface area contributed by atoms with E-state index in [4.69, 9.17) is 4.74 Å². The van der Waals surface area contributed by atoms with Gasteiger partial charge < -0.3 is 9.84 Å². The van der Waals surface area contributed by atoms with Crippen molar-refractivity contribution in [3.63, 3.8) is 0 Å². The highest BCUT2D eigenvalue weighted by Gasteiger charge is 2.49. The number of aryl methyl sites for hydroxylation is 1. The molecule has 1 atom stereocenters. The highest BCUT2D eigenvalue weighted by atomic mass is 16.5. The largest absolute Gasteiger partial charge is 0.480 e. The fourth-order valence-corrected chi connectivity index (χ4v) is 2.19. The number of carboxylic acids is 1. The summed E-state index contributed by atoms with van der Waals surface area (Å²) < 4.78 is 6.45. The summed E-state index contributed by atoms with van der Waals surface area (Å²) in [4.78, 5) is 28.0. The van der Waals surface area contributed by atoms with Crippen LogP contribution in [0.3, 0.4) is 0 Å². The van der Waals surface area contributed by atoms with E-state index in [1.54, 1.807) is 14.0 Å². The molecule has 1 N–H and O–H groups in total. The standard InChI is InChI=1S/C13H21N3O4/c1-5-20-12(19)13(11(17)18,6-9(2)3)7-10-14-8-15-16(10)4/h8-9H,5-7H2,1-4H3,(H,17,18). The Balaban J connectivity index is 3.18.